The Morgan fingerprint density at radius 1 is 1.03 bits per heavy atom. The number of hydrogen-bond donors (Lipinski definition) is 1. The van der Waals surface area contributed by atoms with Gasteiger partial charge in [-0.15, -0.1) is 0 Å². The summed E-state index contributed by atoms with van der Waals surface area (Å²) in [6.07, 6.45) is 1.63. The van der Waals surface area contributed by atoms with Crippen molar-refractivity contribution in [1.82, 2.24) is 5.32 Å². The Labute approximate surface area is 188 Å². The van der Waals surface area contributed by atoms with Gasteiger partial charge in [0.05, 0.1) is 7.11 Å². The van der Waals surface area contributed by atoms with Crippen LogP contribution in [0.4, 0.5) is 0 Å². The van der Waals surface area contributed by atoms with Crippen molar-refractivity contribution in [2.45, 2.75) is 18.3 Å². The van der Waals surface area contributed by atoms with Crippen molar-refractivity contribution in [3.05, 3.63) is 88.9 Å². The average molecular weight is 436 g/mol. The van der Waals surface area contributed by atoms with Gasteiger partial charge in [-0.3, -0.25) is 4.79 Å². The second kappa shape index (κ2) is 9.54. The fourth-order valence-electron chi connectivity index (χ4n) is 4.24. The van der Waals surface area contributed by atoms with Crippen LogP contribution in [0.25, 0.3) is 11.1 Å². The highest BCUT2D eigenvalue weighted by molar-refractivity contribution is 6.31. The number of carbonyl (C=O) groups excluding carboxylic acids is 1. The predicted molar refractivity (Wildman–Crippen MR) is 124 cm³/mol. The van der Waals surface area contributed by atoms with E-state index in [1.165, 1.54) is 0 Å². The number of nitrogens with one attached hydrogen (secondary N) is 1. The van der Waals surface area contributed by atoms with Gasteiger partial charge in [-0.2, -0.15) is 0 Å². The van der Waals surface area contributed by atoms with Gasteiger partial charge in [0.15, 0.2) is 0 Å². The van der Waals surface area contributed by atoms with Crippen LogP contribution < -0.4 is 10.1 Å². The molecule has 1 saturated heterocycles. The smallest absolute Gasteiger partial charge is 0.251 e. The van der Waals surface area contributed by atoms with Gasteiger partial charge in [0.25, 0.3) is 5.91 Å². The molecule has 1 N–H and O–H groups in total. The first-order valence-electron chi connectivity index (χ1n) is 10.5. The molecular formula is C26H26ClNO3. The molecule has 3 aromatic carbocycles. The highest BCUT2D eigenvalue weighted by atomic mass is 35.5. The van der Waals surface area contributed by atoms with E-state index < -0.39 is 0 Å². The number of rotatable bonds is 6. The molecule has 1 fully saturated rings. The van der Waals surface area contributed by atoms with Crippen LogP contribution >= 0.6 is 11.6 Å². The summed E-state index contributed by atoms with van der Waals surface area (Å²) in [5, 5.41) is 3.89. The lowest BCUT2D eigenvalue weighted by Crippen LogP contribution is -2.44. The molecule has 160 valence electrons. The normalized spacial score (nSPS) is 15.3. The molecular weight excluding hydrogens is 410 g/mol. The molecule has 5 heteroatoms. The maximum Gasteiger partial charge on any atom is 0.251 e. The van der Waals surface area contributed by atoms with E-state index in [9.17, 15) is 4.79 Å². The first kappa shape index (κ1) is 21.4. The van der Waals surface area contributed by atoms with Crippen LogP contribution in [0, 0.1) is 0 Å². The second-order valence-electron chi connectivity index (χ2n) is 7.84. The Morgan fingerprint density at radius 3 is 2.45 bits per heavy atom. The monoisotopic (exact) mass is 435 g/mol. The quantitative estimate of drug-likeness (QED) is 0.556. The van der Waals surface area contributed by atoms with Gasteiger partial charge in [-0.1, -0.05) is 60.1 Å². The van der Waals surface area contributed by atoms with E-state index in [-0.39, 0.29) is 11.3 Å². The number of methoxy groups -OCH3 is 1. The number of hydrogen-bond acceptors (Lipinski definition) is 3. The predicted octanol–water partition coefficient (Wildman–Crippen LogP) is 5.49. The van der Waals surface area contributed by atoms with E-state index >= 15 is 0 Å². The van der Waals surface area contributed by atoms with Gasteiger partial charge in [0.2, 0.25) is 0 Å². The van der Waals surface area contributed by atoms with E-state index in [1.54, 1.807) is 13.2 Å². The topological polar surface area (TPSA) is 47.6 Å². The van der Waals surface area contributed by atoms with Crippen molar-refractivity contribution in [2.75, 3.05) is 26.9 Å². The van der Waals surface area contributed by atoms with E-state index in [4.69, 9.17) is 21.1 Å². The highest BCUT2D eigenvalue weighted by Crippen LogP contribution is 2.38. The highest BCUT2D eigenvalue weighted by Gasteiger charge is 2.36. The summed E-state index contributed by atoms with van der Waals surface area (Å²) in [7, 11) is 1.64. The Kier molecular flexibility index (Phi) is 6.59. The second-order valence-corrected chi connectivity index (χ2v) is 8.24. The maximum absolute atomic E-state index is 13.1. The third-order valence-corrected chi connectivity index (χ3v) is 6.36. The van der Waals surface area contributed by atoms with Crippen LogP contribution in [0.15, 0.2) is 72.8 Å². The van der Waals surface area contributed by atoms with Crippen LogP contribution in [0.1, 0.15) is 28.8 Å². The summed E-state index contributed by atoms with van der Waals surface area (Å²) < 4.78 is 11.1. The fraction of sp³-hybridized carbons (Fsp3) is 0.269. The molecule has 0 aliphatic carbocycles. The van der Waals surface area contributed by atoms with Crippen molar-refractivity contribution in [3.63, 3.8) is 0 Å². The lowest BCUT2D eigenvalue weighted by atomic mass is 9.74. The lowest BCUT2D eigenvalue weighted by molar-refractivity contribution is 0.0487. The van der Waals surface area contributed by atoms with Gasteiger partial charge in [-0.05, 0) is 48.2 Å². The molecule has 1 amide bonds. The van der Waals surface area contributed by atoms with Crippen molar-refractivity contribution in [2.24, 2.45) is 0 Å². The minimum absolute atomic E-state index is 0.113. The van der Waals surface area contributed by atoms with E-state index in [0.29, 0.717) is 25.3 Å². The standard InChI is InChI=1S/C26H26ClNO3/c1-30-24-12-11-20(17-21(24)19-7-3-2-4-8-19)25(29)28-18-26(13-15-31-16-14-26)22-9-5-6-10-23(22)27/h2-12,17H,13-16,18H2,1H3,(H,28,29). The average Bonchev–Trinajstić information content (AvgIpc) is 2.83. The first-order valence-corrected chi connectivity index (χ1v) is 10.9. The maximum atomic E-state index is 13.1. The molecule has 0 aromatic heterocycles. The van der Waals surface area contributed by atoms with Crippen LogP contribution in [0.5, 0.6) is 5.75 Å². The number of amides is 1. The zero-order valence-electron chi connectivity index (χ0n) is 17.6. The molecule has 0 bridgehead atoms. The van der Waals surface area contributed by atoms with Crippen LogP contribution in [-0.4, -0.2) is 32.8 Å². The van der Waals surface area contributed by atoms with Crippen molar-refractivity contribution >= 4 is 17.5 Å². The third kappa shape index (κ3) is 4.60. The van der Waals surface area contributed by atoms with Gasteiger partial charge in [0.1, 0.15) is 5.75 Å². The molecule has 0 unspecified atom stereocenters. The Hall–Kier alpha value is -2.82. The van der Waals surface area contributed by atoms with Crippen LogP contribution in [0.2, 0.25) is 5.02 Å². The first-order chi connectivity index (χ1) is 15.1. The Bertz CT molecular complexity index is 1050. The molecule has 4 nitrogen and oxygen atoms in total. The summed E-state index contributed by atoms with van der Waals surface area (Å²) in [6.45, 7) is 1.81. The molecule has 1 aliphatic rings. The molecule has 0 radical (unpaired) electrons. The molecule has 1 aliphatic heterocycles. The van der Waals surface area contributed by atoms with E-state index in [2.05, 4.69) is 11.4 Å². The lowest BCUT2D eigenvalue weighted by Gasteiger charge is -2.38. The SMILES string of the molecule is COc1ccc(C(=O)NCC2(c3ccccc3Cl)CCOCC2)cc1-c1ccccc1. The van der Waals surface area contributed by atoms with Gasteiger partial charge in [-0.25, -0.2) is 0 Å². The summed E-state index contributed by atoms with van der Waals surface area (Å²) in [5.74, 6) is 0.623. The largest absolute Gasteiger partial charge is 0.496 e. The number of carbonyl (C=O) groups is 1. The number of ether oxygens (including phenoxy) is 2. The van der Waals surface area contributed by atoms with Crippen LogP contribution in [0.3, 0.4) is 0 Å². The molecule has 0 atom stereocenters. The van der Waals surface area contributed by atoms with Gasteiger partial charge in [0, 0.05) is 41.3 Å². The van der Waals surface area contributed by atoms with Gasteiger partial charge < -0.3 is 14.8 Å². The molecule has 31 heavy (non-hydrogen) atoms. The molecule has 1 heterocycles. The van der Waals surface area contributed by atoms with Crippen molar-refractivity contribution in [1.29, 1.82) is 0 Å². The molecule has 0 saturated carbocycles. The Balaban J connectivity index is 1.58. The van der Waals surface area contributed by atoms with Crippen molar-refractivity contribution < 1.29 is 14.3 Å². The summed E-state index contributed by atoms with van der Waals surface area (Å²) in [6, 6.07) is 23.3. The van der Waals surface area contributed by atoms with E-state index in [1.807, 2.05) is 60.7 Å². The number of benzene rings is 3. The van der Waals surface area contributed by atoms with Crippen molar-refractivity contribution in [3.8, 4) is 16.9 Å². The zero-order valence-corrected chi connectivity index (χ0v) is 18.3. The minimum Gasteiger partial charge on any atom is -0.496 e. The molecule has 4 rings (SSSR count). The Morgan fingerprint density at radius 2 is 1.74 bits per heavy atom. The van der Waals surface area contributed by atoms with Crippen LogP contribution in [-0.2, 0) is 10.2 Å². The summed E-state index contributed by atoms with van der Waals surface area (Å²) in [4.78, 5) is 13.1. The molecule has 0 spiro atoms. The zero-order chi connectivity index (χ0) is 21.7. The molecule has 3 aromatic rings. The fourth-order valence-corrected chi connectivity index (χ4v) is 4.58. The third-order valence-electron chi connectivity index (χ3n) is 6.03. The summed E-state index contributed by atoms with van der Waals surface area (Å²) >= 11 is 6.53. The summed E-state index contributed by atoms with van der Waals surface area (Å²) in [5.41, 5.74) is 3.33. The van der Waals surface area contributed by atoms with E-state index in [0.717, 1.165) is 40.3 Å². The van der Waals surface area contributed by atoms with Gasteiger partial charge >= 0.3 is 0 Å². The number of halogens is 1. The minimum atomic E-state index is -0.235.